The molecule has 3 nitrogen and oxygen atoms in total. The number of hydrogen-bond acceptors (Lipinski definition) is 2. The van der Waals surface area contributed by atoms with Gasteiger partial charge < -0.3 is 10.2 Å². The van der Waals surface area contributed by atoms with Crippen molar-refractivity contribution in [2.75, 3.05) is 18.8 Å². The second kappa shape index (κ2) is 7.90. The van der Waals surface area contributed by atoms with E-state index in [2.05, 4.69) is 5.32 Å². The molecule has 1 heterocycles. The highest BCUT2D eigenvalue weighted by Gasteiger charge is 2.30. The third-order valence-electron chi connectivity index (χ3n) is 3.64. The van der Waals surface area contributed by atoms with Crippen LogP contribution >= 0.6 is 11.8 Å². The molecule has 128 valence electrons. The lowest BCUT2D eigenvalue weighted by atomic mass is 10.0. The highest BCUT2D eigenvalue weighted by atomic mass is 32.2. The maximum absolute atomic E-state index is 13.2. The highest BCUT2D eigenvalue weighted by molar-refractivity contribution is 8.00. The van der Waals surface area contributed by atoms with E-state index in [1.165, 1.54) is 12.1 Å². The predicted octanol–water partition coefficient (Wildman–Crippen LogP) is 3.80. The number of thioether (sulfide) groups is 1. The Morgan fingerprint density at radius 2 is 2.17 bits per heavy atom. The molecular formula is C15H18F4N2OS. The van der Waals surface area contributed by atoms with E-state index in [9.17, 15) is 22.4 Å². The molecule has 1 aliphatic rings. The summed E-state index contributed by atoms with van der Waals surface area (Å²) in [5.74, 6) is -0.529. The SMILES string of the molecule is O=C(NCCSC(F)(F)F)N1CCC[C@@H]1Cc1cccc(F)c1. The van der Waals surface area contributed by atoms with Crippen LogP contribution < -0.4 is 5.32 Å². The maximum atomic E-state index is 13.2. The molecule has 8 heteroatoms. The van der Waals surface area contributed by atoms with Crippen LogP contribution in [0.3, 0.4) is 0 Å². The Morgan fingerprint density at radius 1 is 1.39 bits per heavy atom. The normalized spacial score (nSPS) is 18.3. The summed E-state index contributed by atoms with van der Waals surface area (Å²) in [5.41, 5.74) is -3.47. The number of benzene rings is 1. The number of halogens is 4. The standard InChI is InChI=1S/C15H18F4N2OS/c16-12-4-1-3-11(9-12)10-13-5-2-7-21(13)14(22)20-6-8-23-15(17,18)19/h1,3-4,9,13H,2,5-8,10H2,(H,20,22)/t13-/m1/s1. The minimum atomic E-state index is -4.28. The Bertz CT molecular complexity index is 538. The number of amides is 2. The number of rotatable bonds is 5. The summed E-state index contributed by atoms with van der Waals surface area (Å²) in [4.78, 5) is 13.7. The molecule has 23 heavy (non-hydrogen) atoms. The van der Waals surface area contributed by atoms with Gasteiger partial charge in [-0.15, -0.1) is 0 Å². The van der Waals surface area contributed by atoms with Gasteiger partial charge >= 0.3 is 11.5 Å². The molecule has 0 unspecified atom stereocenters. The van der Waals surface area contributed by atoms with Gasteiger partial charge in [0.2, 0.25) is 0 Å². The zero-order chi connectivity index (χ0) is 16.9. The molecule has 0 radical (unpaired) electrons. The molecule has 1 saturated heterocycles. The van der Waals surface area contributed by atoms with Crippen LogP contribution in [0.2, 0.25) is 0 Å². The third kappa shape index (κ3) is 5.93. The van der Waals surface area contributed by atoms with E-state index in [0.29, 0.717) is 13.0 Å². The molecule has 2 amide bonds. The molecule has 1 atom stereocenters. The van der Waals surface area contributed by atoms with Crippen LogP contribution in [0.25, 0.3) is 0 Å². The lowest BCUT2D eigenvalue weighted by Gasteiger charge is -2.25. The molecule has 1 aliphatic heterocycles. The fourth-order valence-corrected chi connectivity index (χ4v) is 3.11. The van der Waals surface area contributed by atoms with Gasteiger partial charge in [-0.05, 0) is 48.7 Å². The van der Waals surface area contributed by atoms with Crippen molar-refractivity contribution in [3.05, 3.63) is 35.6 Å². The molecule has 2 rings (SSSR count). The van der Waals surface area contributed by atoms with Crippen LogP contribution in [0.5, 0.6) is 0 Å². The molecule has 0 bridgehead atoms. The smallest absolute Gasteiger partial charge is 0.337 e. The van der Waals surface area contributed by atoms with Crippen molar-refractivity contribution >= 4 is 17.8 Å². The first kappa shape index (κ1) is 17.9. The van der Waals surface area contributed by atoms with Crippen molar-refractivity contribution in [1.82, 2.24) is 10.2 Å². The first-order valence-corrected chi connectivity index (χ1v) is 8.33. The fourth-order valence-electron chi connectivity index (χ4n) is 2.68. The van der Waals surface area contributed by atoms with E-state index in [-0.39, 0.29) is 41.9 Å². The molecule has 0 aliphatic carbocycles. The summed E-state index contributed by atoms with van der Waals surface area (Å²) in [6.07, 6.45) is 2.19. The zero-order valence-corrected chi connectivity index (χ0v) is 13.2. The maximum Gasteiger partial charge on any atom is 0.441 e. The predicted molar refractivity (Wildman–Crippen MR) is 81.7 cm³/mol. The number of carbonyl (C=O) groups is 1. The molecule has 1 aromatic carbocycles. The number of nitrogens with one attached hydrogen (secondary N) is 1. The van der Waals surface area contributed by atoms with Gasteiger partial charge in [-0.2, -0.15) is 13.2 Å². The average Bonchev–Trinajstić information content (AvgIpc) is 2.90. The largest absolute Gasteiger partial charge is 0.441 e. The summed E-state index contributed by atoms with van der Waals surface area (Å²) in [6, 6.07) is 5.82. The molecule has 1 aromatic rings. The summed E-state index contributed by atoms with van der Waals surface area (Å²) in [6.45, 7) is 0.532. The lowest BCUT2D eigenvalue weighted by Crippen LogP contribution is -2.44. The van der Waals surface area contributed by atoms with E-state index in [4.69, 9.17) is 0 Å². The Balaban J connectivity index is 1.82. The monoisotopic (exact) mass is 350 g/mol. The Hall–Kier alpha value is -1.44. The third-order valence-corrected chi connectivity index (χ3v) is 4.38. The van der Waals surface area contributed by atoms with Gasteiger partial charge in [0.25, 0.3) is 0 Å². The number of nitrogens with zero attached hydrogens (tertiary/aromatic N) is 1. The van der Waals surface area contributed by atoms with Crippen LogP contribution in [0.15, 0.2) is 24.3 Å². The summed E-state index contributed by atoms with van der Waals surface area (Å²) in [7, 11) is 0. The lowest BCUT2D eigenvalue weighted by molar-refractivity contribution is -0.0327. The van der Waals surface area contributed by atoms with Crippen molar-refractivity contribution in [2.24, 2.45) is 0 Å². The minimum absolute atomic E-state index is 0.0355. The Kier molecular flexibility index (Phi) is 6.15. The molecule has 0 aromatic heterocycles. The average molecular weight is 350 g/mol. The van der Waals surface area contributed by atoms with Crippen molar-refractivity contribution in [3.8, 4) is 0 Å². The van der Waals surface area contributed by atoms with Crippen LogP contribution in [-0.2, 0) is 6.42 Å². The van der Waals surface area contributed by atoms with Crippen molar-refractivity contribution in [3.63, 3.8) is 0 Å². The van der Waals surface area contributed by atoms with E-state index in [0.717, 1.165) is 18.4 Å². The molecule has 0 spiro atoms. The molecule has 1 N–H and O–H groups in total. The van der Waals surface area contributed by atoms with Crippen molar-refractivity contribution in [1.29, 1.82) is 0 Å². The number of carbonyl (C=O) groups excluding carboxylic acids is 1. The number of likely N-dealkylation sites (tertiary alicyclic amines) is 1. The summed E-state index contributed by atoms with van der Waals surface area (Å²) in [5, 5.41) is 2.52. The second-order valence-electron chi connectivity index (χ2n) is 5.35. The summed E-state index contributed by atoms with van der Waals surface area (Å²) < 4.78 is 49.3. The highest BCUT2D eigenvalue weighted by Crippen LogP contribution is 2.29. The number of urea groups is 1. The topological polar surface area (TPSA) is 32.3 Å². The van der Waals surface area contributed by atoms with Gasteiger partial charge in [0.1, 0.15) is 5.82 Å². The van der Waals surface area contributed by atoms with Gasteiger partial charge in [-0.3, -0.25) is 0 Å². The van der Waals surface area contributed by atoms with Crippen molar-refractivity contribution < 1.29 is 22.4 Å². The molecular weight excluding hydrogens is 332 g/mol. The first-order chi connectivity index (χ1) is 10.8. The van der Waals surface area contributed by atoms with Crippen LogP contribution in [0, 0.1) is 5.82 Å². The fraction of sp³-hybridized carbons (Fsp3) is 0.533. The van der Waals surface area contributed by atoms with Gasteiger partial charge in [0.05, 0.1) is 0 Å². The minimum Gasteiger partial charge on any atom is -0.337 e. The molecule has 0 saturated carbocycles. The van der Waals surface area contributed by atoms with Gasteiger partial charge in [-0.25, -0.2) is 9.18 Å². The van der Waals surface area contributed by atoms with Gasteiger partial charge in [-0.1, -0.05) is 12.1 Å². The zero-order valence-electron chi connectivity index (χ0n) is 12.4. The van der Waals surface area contributed by atoms with Gasteiger partial charge in [0.15, 0.2) is 0 Å². The van der Waals surface area contributed by atoms with Crippen LogP contribution in [0.1, 0.15) is 18.4 Å². The van der Waals surface area contributed by atoms with Crippen LogP contribution in [-0.4, -0.2) is 41.3 Å². The Labute approximate surface area is 136 Å². The van der Waals surface area contributed by atoms with E-state index >= 15 is 0 Å². The quantitative estimate of drug-likeness (QED) is 0.647. The first-order valence-electron chi connectivity index (χ1n) is 7.35. The Morgan fingerprint density at radius 3 is 2.87 bits per heavy atom. The molecule has 1 fully saturated rings. The number of hydrogen-bond donors (Lipinski definition) is 1. The van der Waals surface area contributed by atoms with E-state index in [1.54, 1.807) is 17.0 Å². The number of alkyl halides is 3. The van der Waals surface area contributed by atoms with Crippen molar-refractivity contribution in [2.45, 2.75) is 30.8 Å². The summed E-state index contributed by atoms with van der Waals surface area (Å²) >= 11 is -0.152. The van der Waals surface area contributed by atoms with Crippen LogP contribution in [0.4, 0.5) is 22.4 Å². The van der Waals surface area contributed by atoms with E-state index in [1.807, 2.05) is 0 Å². The van der Waals surface area contributed by atoms with Gasteiger partial charge in [0, 0.05) is 24.9 Å². The van der Waals surface area contributed by atoms with E-state index < -0.39 is 5.51 Å². The second-order valence-corrected chi connectivity index (χ2v) is 6.51.